The van der Waals surface area contributed by atoms with Crippen LogP contribution in [0.4, 0.5) is 0 Å². The molecule has 3 rings (SSSR count). The Kier molecular flexibility index (Phi) is 5.69. The summed E-state index contributed by atoms with van der Waals surface area (Å²) in [7, 11) is 0. The lowest BCUT2D eigenvalue weighted by Gasteiger charge is -2.41. The summed E-state index contributed by atoms with van der Waals surface area (Å²) in [4.78, 5) is 16.6. The van der Waals surface area contributed by atoms with Crippen molar-refractivity contribution < 1.29 is 15.0 Å². The SMILES string of the molecule is O=C(c1ccsc1)N1CCC(CN2C[C@H](O)CC[C@@H]2CO)CC1. The summed E-state index contributed by atoms with van der Waals surface area (Å²) in [5, 5.41) is 23.2. The second kappa shape index (κ2) is 7.75. The van der Waals surface area contributed by atoms with Crippen LogP contribution in [0.25, 0.3) is 0 Å². The van der Waals surface area contributed by atoms with Crippen LogP contribution in [0.5, 0.6) is 0 Å². The lowest BCUT2D eigenvalue weighted by molar-refractivity contribution is 0.000418. The van der Waals surface area contributed by atoms with Crippen LogP contribution in [-0.2, 0) is 0 Å². The molecule has 128 valence electrons. The van der Waals surface area contributed by atoms with Crippen LogP contribution in [0.15, 0.2) is 16.8 Å². The first-order chi connectivity index (χ1) is 11.2. The number of rotatable bonds is 4. The fourth-order valence-corrected chi connectivity index (χ4v) is 4.36. The average Bonchev–Trinajstić information content (AvgIpc) is 3.10. The van der Waals surface area contributed by atoms with E-state index in [1.165, 1.54) is 0 Å². The number of aliphatic hydroxyl groups is 2. The first-order valence-corrected chi connectivity index (χ1v) is 9.46. The molecule has 0 radical (unpaired) electrons. The quantitative estimate of drug-likeness (QED) is 0.871. The topological polar surface area (TPSA) is 64.0 Å². The predicted molar refractivity (Wildman–Crippen MR) is 90.6 cm³/mol. The summed E-state index contributed by atoms with van der Waals surface area (Å²) < 4.78 is 0. The molecule has 2 aliphatic heterocycles. The van der Waals surface area contributed by atoms with E-state index in [-0.39, 0.29) is 24.7 Å². The number of piperidine rings is 2. The van der Waals surface area contributed by atoms with Crippen LogP contribution >= 0.6 is 11.3 Å². The van der Waals surface area contributed by atoms with Crippen molar-refractivity contribution in [3.63, 3.8) is 0 Å². The van der Waals surface area contributed by atoms with Crippen molar-refractivity contribution in [1.29, 1.82) is 0 Å². The van der Waals surface area contributed by atoms with E-state index in [1.54, 1.807) is 11.3 Å². The van der Waals surface area contributed by atoms with E-state index in [4.69, 9.17) is 0 Å². The molecular formula is C17H26N2O3S. The molecule has 1 aromatic heterocycles. The Morgan fingerprint density at radius 2 is 2.04 bits per heavy atom. The molecule has 2 saturated heterocycles. The van der Waals surface area contributed by atoms with E-state index in [9.17, 15) is 15.0 Å². The van der Waals surface area contributed by atoms with Crippen LogP contribution in [-0.4, -0.2) is 70.9 Å². The van der Waals surface area contributed by atoms with Gasteiger partial charge in [0.25, 0.3) is 5.91 Å². The Morgan fingerprint density at radius 3 is 2.70 bits per heavy atom. The van der Waals surface area contributed by atoms with Crippen molar-refractivity contribution >= 4 is 17.2 Å². The first kappa shape index (κ1) is 16.9. The molecule has 0 unspecified atom stereocenters. The molecule has 0 spiro atoms. The maximum absolute atomic E-state index is 12.4. The van der Waals surface area contributed by atoms with Crippen molar-refractivity contribution in [2.75, 3.05) is 32.8 Å². The Balaban J connectivity index is 1.50. The van der Waals surface area contributed by atoms with Crippen LogP contribution in [0.2, 0.25) is 0 Å². The highest BCUT2D eigenvalue weighted by atomic mass is 32.1. The van der Waals surface area contributed by atoms with E-state index < -0.39 is 0 Å². The number of hydrogen-bond acceptors (Lipinski definition) is 5. The fourth-order valence-electron chi connectivity index (χ4n) is 3.73. The Labute approximate surface area is 141 Å². The average molecular weight is 338 g/mol. The summed E-state index contributed by atoms with van der Waals surface area (Å²) in [5.74, 6) is 0.687. The molecule has 2 aliphatic rings. The second-order valence-corrected chi connectivity index (χ2v) is 7.55. The first-order valence-electron chi connectivity index (χ1n) is 8.52. The minimum Gasteiger partial charge on any atom is -0.395 e. The molecule has 0 saturated carbocycles. The Bertz CT molecular complexity index is 500. The molecule has 2 atom stereocenters. The number of likely N-dealkylation sites (tertiary alicyclic amines) is 2. The van der Waals surface area contributed by atoms with Gasteiger partial charge in [-0.15, -0.1) is 0 Å². The molecular weight excluding hydrogens is 312 g/mol. The lowest BCUT2D eigenvalue weighted by Crippen LogP contribution is -2.50. The third-order valence-corrected chi connectivity index (χ3v) is 5.85. The van der Waals surface area contributed by atoms with Crippen molar-refractivity contribution in [2.24, 2.45) is 5.92 Å². The van der Waals surface area contributed by atoms with Gasteiger partial charge in [0.15, 0.2) is 0 Å². The van der Waals surface area contributed by atoms with Crippen LogP contribution < -0.4 is 0 Å². The number of carbonyl (C=O) groups excluding carboxylic acids is 1. The molecule has 1 aromatic rings. The monoisotopic (exact) mass is 338 g/mol. The smallest absolute Gasteiger partial charge is 0.254 e. The van der Waals surface area contributed by atoms with Crippen LogP contribution in [0.3, 0.4) is 0 Å². The van der Waals surface area contributed by atoms with Gasteiger partial charge < -0.3 is 15.1 Å². The van der Waals surface area contributed by atoms with Gasteiger partial charge in [-0.1, -0.05) is 0 Å². The van der Waals surface area contributed by atoms with Gasteiger partial charge in [-0.05, 0) is 43.0 Å². The zero-order valence-electron chi connectivity index (χ0n) is 13.4. The predicted octanol–water partition coefficient (Wildman–Crippen LogP) is 1.42. The molecule has 6 heteroatoms. The van der Waals surface area contributed by atoms with Gasteiger partial charge in [-0.25, -0.2) is 0 Å². The lowest BCUT2D eigenvalue weighted by atomic mass is 9.93. The molecule has 3 heterocycles. The van der Waals surface area contributed by atoms with Gasteiger partial charge >= 0.3 is 0 Å². The minimum absolute atomic E-state index is 0.145. The van der Waals surface area contributed by atoms with E-state index >= 15 is 0 Å². The number of carbonyl (C=O) groups is 1. The number of nitrogens with zero attached hydrogens (tertiary/aromatic N) is 2. The number of amides is 1. The van der Waals surface area contributed by atoms with Gasteiger partial charge in [0.2, 0.25) is 0 Å². The highest BCUT2D eigenvalue weighted by Crippen LogP contribution is 2.24. The molecule has 0 bridgehead atoms. The summed E-state index contributed by atoms with van der Waals surface area (Å²) in [6, 6.07) is 2.07. The maximum atomic E-state index is 12.4. The van der Waals surface area contributed by atoms with E-state index in [0.29, 0.717) is 12.5 Å². The largest absolute Gasteiger partial charge is 0.395 e. The standard InChI is InChI=1S/C17H26N2O3S/c20-11-15-1-2-16(21)10-19(15)9-13-3-6-18(7-4-13)17(22)14-5-8-23-12-14/h5,8,12-13,15-16,20-21H,1-4,6-7,9-11H2/t15-,16-/m1/s1. The van der Waals surface area contributed by atoms with Crippen LogP contribution in [0.1, 0.15) is 36.0 Å². The van der Waals surface area contributed by atoms with Crippen molar-refractivity contribution in [2.45, 2.75) is 37.8 Å². The third kappa shape index (κ3) is 4.12. The molecule has 1 amide bonds. The molecule has 0 aliphatic carbocycles. The highest BCUT2D eigenvalue weighted by molar-refractivity contribution is 7.08. The number of aliphatic hydroxyl groups excluding tert-OH is 2. The Hall–Kier alpha value is -0.950. The second-order valence-electron chi connectivity index (χ2n) is 6.77. The summed E-state index contributed by atoms with van der Waals surface area (Å²) in [6.07, 6.45) is 3.39. The third-order valence-electron chi connectivity index (χ3n) is 5.17. The molecule has 5 nitrogen and oxygen atoms in total. The van der Waals surface area contributed by atoms with Gasteiger partial charge in [0.1, 0.15) is 0 Å². The molecule has 2 N–H and O–H groups in total. The molecule has 2 fully saturated rings. The van der Waals surface area contributed by atoms with E-state index in [1.807, 2.05) is 21.7 Å². The summed E-state index contributed by atoms with van der Waals surface area (Å²) in [5.41, 5.74) is 0.799. The maximum Gasteiger partial charge on any atom is 0.254 e. The van der Waals surface area contributed by atoms with Gasteiger partial charge in [-0.2, -0.15) is 11.3 Å². The Morgan fingerprint density at radius 1 is 1.26 bits per heavy atom. The highest BCUT2D eigenvalue weighted by Gasteiger charge is 2.30. The van der Waals surface area contributed by atoms with Gasteiger partial charge in [-0.3, -0.25) is 9.69 Å². The number of thiophene rings is 1. The van der Waals surface area contributed by atoms with E-state index in [0.717, 1.165) is 50.9 Å². The fraction of sp³-hybridized carbons (Fsp3) is 0.706. The summed E-state index contributed by atoms with van der Waals surface area (Å²) in [6.45, 7) is 3.36. The zero-order valence-corrected chi connectivity index (χ0v) is 14.2. The molecule has 23 heavy (non-hydrogen) atoms. The number of β-amino-alcohol motifs (C(OH)–C–C–N with tert-alkyl or cyclic N) is 1. The van der Waals surface area contributed by atoms with Gasteiger partial charge in [0.05, 0.1) is 18.3 Å². The zero-order chi connectivity index (χ0) is 16.2. The van der Waals surface area contributed by atoms with E-state index in [2.05, 4.69) is 4.90 Å². The van der Waals surface area contributed by atoms with Crippen LogP contribution in [0, 0.1) is 5.92 Å². The minimum atomic E-state index is -0.266. The molecule has 0 aromatic carbocycles. The number of hydrogen-bond donors (Lipinski definition) is 2. The van der Waals surface area contributed by atoms with Crippen molar-refractivity contribution in [3.8, 4) is 0 Å². The van der Waals surface area contributed by atoms with Crippen molar-refractivity contribution in [3.05, 3.63) is 22.4 Å². The normalized spacial score (nSPS) is 27.3. The van der Waals surface area contributed by atoms with Gasteiger partial charge in [0, 0.05) is 37.6 Å². The summed E-state index contributed by atoms with van der Waals surface area (Å²) >= 11 is 1.56. The van der Waals surface area contributed by atoms with Crippen molar-refractivity contribution in [1.82, 2.24) is 9.80 Å².